The maximum Gasteiger partial charge on any atom is 0.165 e. The highest BCUT2D eigenvalue weighted by Gasteiger charge is 2.27. The summed E-state index contributed by atoms with van der Waals surface area (Å²) >= 11 is 0. The van der Waals surface area contributed by atoms with Crippen molar-refractivity contribution in [1.29, 1.82) is 0 Å². The van der Waals surface area contributed by atoms with Crippen LogP contribution in [0.1, 0.15) is 36.5 Å². The van der Waals surface area contributed by atoms with Gasteiger partial charge in [0.1, 0.15) is 5.75 Å². The average Bonchev–Trinajstić information content (AvgIpc) is 2.75. The van der Waals surface area contributed by atoms with E-state index in [9.17, 15) is 4.79 Å². The predicted octanol–water partition coefficient (Wildman–Crippen LogP) is 3.31. The second kappa shape index (κ2) is 4.69. The van der Waals surface area contributed by atoms with Crippen LogP contribution in [0.2, 0.25) is 0 Å². The quantitative estimate of drug-likeness (QED) is 0.727. The highest BCUT2D eigenvalue weighted by Crippen LogP contribution is 2.32. The Balaban J connectivity index is 2.08. The third kappa shape index (κ3) is 2.26. The maximum atomic E-state index is 12.2. The van der Waals surface area contributed by atoms with Crippen molar-refractivity contribution < 1.29 is 9.53 Å². The first-order valence-electron chi connectivity index (χ1n) is 5.89. The average molecular weight is 218 g/mol. The van der Waals surface area contributed by atoms with E-state index in [1.165, 1.54) is 6.42 Å². The van der Waals surface area contributed by atoms with Gasteiger partial charge < -0.3 is 4.74 Å². The highest BCUT2D eigenvalue weighted by atomic mass is 16.5. The van der Waals surface area contributed by atoms with Gasteiger partial charge in [-0.15, -0.1) is 0 Å². The summed E-state index contributed by atoms with van der Waals surface area (Å²) in [5, 5.41) is 0. The molecule has 0 N–H and O–H groups in total. The number of ether oxygens (including phenoxy) is 1. The first-order valence-corrected chi connectivity index (χ1v) is 5.89. The number of carbonyl (C=O) groups excluding carboxylic acids is 1. The molecule has 1 aliphatic rings. The molecule has 0 aromatic heterocycles. The molecule has 0 heterocycles. The molecule has 16 heavy (non-hydrogen) atoms. The van der Waals surface area contributed by atoms with E-state index >= 15 is 0 Å². The fraction of sp³-hybridized carbons (Fsp3) is 0.500. The molecule has 2 rings (SSSR count). The summed E-state index contributed by atoms with van der Waals surface area (Å²) in [5.41, 5.74) is 0.819. The number of Topliss-reactive ketones (excluding diaryl/α,β-unsaturated/α-hetero) is 1. The number of rotatable bonds is 3. The topological polar surface area (TPSA) is 26.3 Å². The molecule has 1 unspecified atom stereocenters. The standard InChI is InChI=1S/C14H18O2/c1-10-3-4-12(9-10)14(15)11-5-7-13(16-2)8-6-11/h5-8,10,12H,3-4,9H2,1-2H3/t10-,12?/m1/s1. The van der Waals surface area contributed by atoms with Crippen molar-refractivity contribution in [3.63, 3.8) is 0 Å². The molecule has 0 bridgehead atoms. The normalized spacial score (nSPS) is 24.4. The lowest BCUT2D eigenvalue weighted by Crippen LogP contribution is -2.11. The second-order valence-corrected chi connectivity index (χ2v) is 4.71. The Bertz CT molecular complexity index is 367. The summed E-state index contributed by atoms with van der Waals surface area (Å²) in [5.74, 6) is 2.04. The van der Waals surface area contributed by atoms with Gasteiger partial charge in [0, 0.05) is 11.5 Å². The van der Waals surface area contributed by atoms with Crippen molar-refractivity contribution in [2.45, 2.75) is 26.2 Å². The van der Waals surface area contributed by atoms with Gasteiger partial charge in [0.05, 0.1) is 7.11 Å². The van der Waals surface area contributed by atoms with Crippen LogP contribution in [0, 0.1) is 11.8 Å². The molecular weight excluding hydrogens is 200 g/mol. The Hall–Kier alpha value is -1.31. The monoisotopic (exact) mass is 218 g/mol. The van der Waals surface area contributed by atoms with E-state index in [4.69, 9.17) is 4.74 Å². The first kappa shape index (κ1) is 11.2. The van der Waals surface area contributed by atoms with Crippen molar-refractivity contribution in [2.75, 3.05) is 7.11 Å². The van der Waals surface area contributed by atoms with E-state index in [0.29, 0.717) is 11.7 Å². The third-order valence-electron chi connectivity index (χ3n) is 3.44. The smallest absolute Gasteiger partial charge is 0.165 e. The van der Waals surface area contributed by atoms with Crippen LogP contribution in [-0.4, -0.2) is 12.9 Å². The Labute approximate surface area is 96.6 Å². The lowest BCUT2D eigenvalue weighted by molar-refractivity contribution is 0.0920. The van der Waals surface area contributed by atoms with Crippen molar-refractivity contribution in [1.82, 2.24) is 0 Å². The van der Waals surface area contributed by atoms with E-state index in [-0.39, 0.29) is 5.92 Å². The van der Waals surface area contributed by atoms with E-state index in [0.717, 1.165) is 24.2 Å². The molecule has 0 saturated heterocycles. The zero-order valence-electron chi connectivity index (χ0n) is 9.90. The van der Waals surface area contributed by atoms with Crippen LogP contribution >= 0.6 is 0 Å². The molecular formula is C14H18O2. The zero-order chi connectivity index (χ0) is 11.5. The van der Waals surface area contributed by atoms with Gasteiger partial charge >= 0.3 is 0 Å². The largest absolute Gasteiger partial charge is 0.497 e. The van der Waals surface area contributed by atoms with E-state index in [1.54, 1.807) is 7.11 Å². The zero-order valence-corrected chi connectivity index (χ0v) is 9.90. The molecule has 1 saturated carbocycles. The first-order chi connectivity index (χ1) is 7.70. The summed E-state index contributed by atoms with van der Waals surface area (Å²) in [6, 6.07) is 7.44. The van der Waals surface area contributed by atoms with Crippen molar-refractivity contribution >= 4 is 5.78 Å². The number of ketones is 1. The van der Waals surface area contributed by atoms with Gasteiger partial charge in [-0.25, -0.2) is 0 Å². The van der Waals surface area contributed by atoms with Gasteiger partial charge in [-0.05, 0) is 49.4 Å². The van der Waals surface area contributed by atoms with Crippen LogP contribution in [0.5, 0.6) is 5.75 Å². The number of benzene rings is 1. The van der Waals surface area contributed by atoms with Gasteiger partial charge in [0.25, 0.3) is 0 Å². The minimum Gasteiger partial charge on any atom is -0.497 e. The van der Waals surface area contributed by atoms with E-state index < -0.39 is 0 Å². The highest BCUT2D eigenvalue weighted by molar-refractivity contribution is 5.98. The molecule has 0 amide bonds. The summed E-state index contributed by atoms with van der Waals surface area (Å²) in [4.78, 5) is 12.2. The minimum absolute atomic E-state index is 0.239. The molecule has 1 aromatic rings. The van der Waals surface area contributed by atoms with Crippen LogP contribution < -0.4 is 4.74 Å². The lowest BCUT2D eigenvalue weighted by Gasteiger charge is -2.08. The summed E-state index contributed by atoms with van der Waals surface area (Å²) < 4.78 is 5.08. The minimum atomic E-state index is 0.239. The lowest BCUT2D eigenvalue weighted by atomic mass is 9.95. The molecule has 2 heteroatoms. The van der Waals surface area contributed by atoms with Crippen LogP contribution in [0.15, 0.2) is 24.3 Å². The van der Waals surface area contributed by atoms with Crippen molar-refractivity contribution in [3.05, 3.63) is 29.8 Å². The molecule has 1 aromatic carbocycles. The second-order valence-electron chi connectivity index (χ2n) is 4.71. The van der Waals surface area contributed by atoms with Gasteiger partial charge in [-0.1, -0.05) is 6.92 Å². The van der Waals surface area contributed by atoms with E-state index in [1.807, 2.05) is 24.3 Å². The molecule has 0 aliphatic heterocycles. The Morgan fingerprint density at radius 3 is 2.44 bits per heavy atom. The third-order valence-corrected chi connectivity index (χ3v) is 3.44. The fourth-order valence-electron chi connectivity index (χ4n) is 2.44. The summed E-state index contributed by atoms with van der Waals surface area (Å²) in [6.45, 7) is 2.22. The van der Waals surface area contributed by atoms with Crippen molar-refractivity contribution in [2.24, 2.45) is 11.8 Å². The van der Waals surface area contributed by atoms with Gasteiger partial charge in [-0.3, -0.25) is 4.79 Å². The number of hydrogen-bond donors (Lipinski definition) is 0. The molecule has 0 radical (unpaired) electrons. The number of hydrogen-bond acceptors (Lipinski definition) is 2. The summed E-state index contributed by atoms with van der Waals surface area (Å²) in [6.07, 6.45) is 3.28. The van der Waals surface area contributed by atoms with Gasteiger partial charge in [0.15, 0.2) is 5.78 Å². The number of carbonyl (C=O) groups is 1. The van der Waals surface area contributed by atoms with E-state index in [2.05, 4.69) is 6.92 Å². The Morgan fingerprint density at radius 2 is 1.94 bits per heavy atom. The molecule has 1 fully saturated rings. The molecule has 0 spiro atoms. The van der Waals surface area contributed by atoms with Crippen molar-refractivity contribution in [3.8, 4) is 5.75 Å². The fourth-order valence-corrected chi connectivity index (χ4v) is 2.44. The SMILES string of the molecule is COc1ccc(C(=O)C2CC[C@@H](C)C2)cc1. The van der Waals surface area contributed by atoms with Gasteiger partial charge in [0.2, 0.25) is 0 Å². The molecule has 2 nitrogen and oxygen atoms in total. The Morgan fingerprint density at radius 1 is 1.25 bits per heavy atom. The van der Waals surface area contributed by atoms with Crippen LogP contribution in [0.25, 0.3) is 0 Å². The molecule has 2 atom stereocenters. The van der Waals surface area contributed by atoms with Gasteiger partial charge in [-0.2, -0.15) is 0 Å². The molecule has 1 aliphatic carbocycles. The van der Waals surface area contributed by atoms with Crippen LogP contribution in [0.4, 0.5) is 0 Å². The summed E-state index contributed by atoms with van der Waals surface area (Å²) in [7, 11) is 1.63. The number of methoxy groups -OCH3 is 1. The Kier molecular flexibility index (Phi) is 3.28. The predicted molar refractivity (Wildman–Crippen MR) is 63.8 cm³/mol. The molecule has 86 valence electrons. The maximum absolute atomic E-state index is 12.2. The van der Waals surface area contributed by atoms with Crippen LogP contribution in [-0.2, 0) is 0 Å². The van der Waals surface area contributed by atoms with Crippen LogP contribution in [0.3, 0.4) is 0 Å².